The molecule has 0 aliphatic heterocycles. The highest BCUT2D eigenvalue weighted by molar-refractivity contribution is 6.31. The third-order valence-corrected chi connectivity index (χ3v) is 3.15. The molecule has 5 nitrogen and oxygen atoms in total. The maximum Gasteiger partial charge on any atom is 0.272 e. The molecule has 2 aromatic carbocycles. The van der Waals surface area contributed by atoms with Gasteiger partial charge in [-0.3, -0.25) is 14.9 Å². The lowest BCUT2D eigenvalue weighted by Crippen LogP contribution is -2.13. The van der Waals surface area contributed by atoms with E-state index in [2.05, 4.69) is 5.32 Å². The van der Waals surface area contributed by atoms with Crippen LogP contribution in [0.15, 0.2) is 36.4 Å². The summed E-state index contributed by atoms with van der Waals surface area (Å²) in [5.74, 6) is -1.31. The minimum Gasteiger partial charge on any atom is -0.319 e. The summed E-state index contributed by atoms with van der Waals surface area (Å²) in [6.07, 6.45) is 0. The second-order valence-corrected chi connectivity index (χ2v) is 4.72. The molecule has 0 aliphatic carbocycles. The Balaban J connectivity index is 2.27. The first-order chi connectivity index (χ1) is 9.90. The van der Waals surface area contributed by atoms with Gasteiger partial charge in [0.25, 0.3) is 11.6 Å². The van der Waals surface area contributed by atoms with Crippen LogP contribution in [0.3, 0.4) is 0 Å². The van der Waals surface area contributed by atoms with Crippen molar-refractivity contribution in [2.45, 2.75) is 6.92 Å². The number of amides is 1. The molecule has 0 saturated heterocycles. The Morgan fingerprint density at radius 3 is 2.67 bits per heavy atom. The van der Waals surface area contributed by atoms with Gasteiger partial charge in [0.1, 0.15) is 0 Å². The van der Waals surface area contributed by atoms with Gasteiger partial charge in [0.15, 0.2) is 5.82 Å². The number of carbonyl (C=O) groups is 1. The zero-order valence-electron chi connectivity index (χ0n) is 10.9. The van der Waals surface area contributed by atoms with Crippen LogP contribution < -0.4 is 5.32 Å². The van der Waals surface area contributed by atoms with Crippen LogP contribution in [-0.4, -0.2) is 10.8 Å². The molecular weight excluding hydrogens is 299 g/mol. The van der Waals surface area contributed by atoms with Crippen molar-refractivity contribution < 1.29 is 14.1 Å². The summed E-state index contributed by atoms with van der Waals surface area (Å²) in [4.78, 5) is 22.2. The van der Waals surface area contributed by atoms with Crippen molar-refractivity contribution in [2.24, 2.45) is 0 Å². The van der Waals surface area contributed by atoms with Crippen LogP contribution >= 0.6 is 11.6 Å². The largest absolute Gasteiger partial charge is 0.319 e. The Kier molecular flexibility index (Phi) is 4.18. The number of rotatable bonds is 3. The molecule has 0 radical (unpaired) electrons. The molecule has 0 saturated carbocycles. The molecule has 0 unspecified atom stereocenters. The molecule has 0 atom stereocenters. The van der Waals surface area contributed by atoms with Crippen LogP contribution in [-0.2, 0) is 0 Å². The maximum absolute atomic E-state index is 13.7. The van der Waals surface area contributed by atoms with E-state index < -0.39 is 16.6 Å². The minimum atomic E-state index is -0.730. The van der Waals surface area contributed by atoms with Crippen LogP contribution in [0.5, 0.6) is 0 Å². The standard InChI is InChI=1S/C14H10ClFN2O3/c1-8-7-9(5-6-12(8)18(20)21)14(19)17-11-4-2-3-10(15)13(11)16/h2-7H,1H3,(H,17,19). The quantitative estimate of drug-likeness (QED) is 0.689. The van der Waals surface area contributed by atoms with Crippen LogP contribution in [0.25, 0.3) is 0 Å². The van der Waals surface area contributed by atoms with E-state index in [9.17, 15) is 19.3 Å². The Hall–Kier alpha value is -2.47. The van der Waals surface area contributed by atoms with E-state index in [4.69, 9.17) is 11.6 Å². The van der Waals surface area contributed by atoms with Crippen LogP contribution in [0.4, 0.5) is 15.8 Å². The smallest absolute Gasteiger partial charge is 0.272 e. The first kappa shape index (κ1) is 14.9. The fourth-order valence-electron chi connectivity index (χ4n) is 1.80. The second kappa shape index (κ2) is 5.88. The van der Waals surface area contributed by atoms with Crippen molar-refractivity contribution in [1.29, 1.82) is 0 Å². The molecule has 2 rings (SSSR count). The molecule has 108 valence electrons. The van der Waals surface area contributed by atoms with E-state index in [1.807, 2.05) is 0 Å². The highest BCUT2D eigenvalue weighted by atomic mass is 35.5. The molecular formula is C14H10ClFN2O3. The lowest BCUT2D eigenvalue weighted by atomic mass is 10.1. The summed E-state index contributed by atoms with van der Waals surface area (Å²) in [6, 6.07) is 8.15. The van der Waals surface area contributed by atoms with E-state index in [0.717, 1.165) is 0 Å². The Bertz CT molecular complexity index is 734. The first-order valence-corrected chi connectivity index (χ1v) is 6.28. The number of hydrogen-bond acceptors (Lipinski definition) is 3. The zero-order valence-corrected chi connectivity index (χ0v) is 11.6. The molecule has 2 aromatic rings. The lowest BCUT2D eigenvalue weighted by molar-refractivity contribution is -0.385. The molecule has 0 aliphatic rings. The van der Waals surface area contributed by atoms with Gasteiger partial charge in [-0.05, 0) is 31.2 Å². The summed E-state index contributed by atoms with van der Waals surface area (Å²) in [6.45, 7) is 1.52. The van der Waals surface area contributed by atoms with Crippen molar-refractivity contribution in [3.8, 4) is 0 Å². The summed E-state index contributed by atoms with van der Waals surface area (Å²) < 4.78 is 13.7. The molecule has 1 amide bonds. The topological polar surface area (TPSA) is 72.2 Å². The number of anilines is 1. The summed E-state index contributed by atoms with van der Waals surface area (Å²) >= 11 is 5.62. The van der Waals surface area contributed by atoms with Gasteiger partial charge in [-0.1, -0.05) is 17.7 Å². The number of benzene rings is 2. The maximum atomic E-state index is 13.7. The molecule has 21 heavy (non-hydrogen) atoms. The van der Waals surface area contributed by atoms with E-state index in [0.29, 0.717) is 5.56 Å². The molecule has 7 heteroatoms. The van der Waals surface area contributed by atoms with Crippen molar-refractivity contribution >= 4 is 28.9 Å². The predicted molar refractivity (Wildman–Crippen MR) is 77.2 cm³/mol. The average molecular weight is 309 g/mol. The van der Waals surface area contributed by atoms with Crippen LogP contribution in [0.1, 0.15) is 15.9 Å². The number of hydrogen-bond donors (Lipinski definition) is 1. The van der Waals surface area contributed by atoms with Gasteiger partial charge in [-0.2, -0.15) is 0 Å². The molecule has 0 heterocycles. The highest BCUT2D eigenvalue weighted by Gasteiger charge is 2.15. The number of carbonyl (C=O) groups excluding carboxylic acids is 1. The lowest BCUT2D eigenvalue weighted by Gasteiger charge is -2.08. The normalized spacial score (nSPS) is 10.2. The fraction of sp³-hybridized carbons (Fsp3) is 0.0714. The van der Waals surface area contributed by atoms with Crippen LogP contribution in [0, 0.1) is 22.9 Å². The van der Waals surface area contributed by atoms with Gasteiger partial charge >= 0.3 is 0 Å². The number of nitrogens with zero attached hydrogens (tertiary/aromatic N) is 1. The number of nitro benzene ring substituents is 1. The first-order valence-electron chi connectivity index (χ1n) is 5.90. The summed E-state index contributed by atoms with van der Waals surface area (Å²) in [5, 5.41) is 13.0. The third-order valence-electron chi connectivity index (χ3n) is 2.86. The molecule has 0 fully saturated rings. The van der Waals surface area contributed by atoms with Crippen molar-refractivity contribution in [1.82, 2.24) is 0 Å². The average Bonchev–Trinajstić information content (AvgIpc) is 2.43. The Labute approximate surface area is 124 Å². The third kappa shape index (κ3) is 3.17. The van der Waals surface area contributed by atoms with Crippen molar-refractivity contribution in [2.75, 3.05) is 5.32 Å². The highest BCUT2D eigenvalue weighted by Crippen LogP contribution is 2.23. The fourth-order valence-corrected chi connectivity index (χ4v) is 1.97. The van der Waals surface area contributed by atoms with E-state index in [1.54, 1.807) is 0 Å². The zero-order chi connectivity index (χ0) is 15.6. The number of nitrogens with one attached hydrogen (secondary N) is 1. The van der Waals surface area contributed by atoms with E-state index >= 15 is 0 Å². The number of nitro groups is 1. The van der Waals surface area contributed by atoms with Gasteiger partial charge in [-0.15, -0.1) is 0 Å². The molecule has 0 spiro atoms. The van der Waals surface area contributed by atoms with Crippen LogP contribution in [0.2, 0.25) is 5.02 Å². The van der Waals surface area contributed by atoms with E-state index in [-0.39, 0.29) is 22.0 Å². The van der Waals surface area contributed by atoms with Gasteiger partial charge in [-0.25, -0.2) is 4.39 Å². The molecule has 1 N–H and O–H groups in total. The minimum absolute atomic E-state index is 0.0523. The molecule has 0 aromatic heterocycles. The Morgan fingerprint density at radius 1 is 1.33 bits per heavy atom. The monoisotopic (exact) mass is 308 g/mol. The second-order valence-electron chi connectivity index (χ2n) is 4.31. The van der Waals surface area contributed by atoms with Gasteiger partial charge < -0.3 is 5.32 Å². The molecule has 0 bridgehead atoms. The Morgan fingerprint density at radius 2 is 2.05 bits per heavy atom. The van der Waals surface area contributed by atoms with Crippen molar-refractivity contribution in [3.63, 3.8) is 0 Å². The van der Waals surface area contributed by atoms with Gasteiger partial charge in [0.05, 0.1) is 15.6 Å². The number of aryl methyl sites for hydroxylation is 1. The number of halogens is 2. The van der Waals surface area contributed by atoms with E-state index in [1.165, 1.54) is 43.3 Å². The SMILES string of the molecule is Cc1cc(C(=O)Nc2cccc(Cl)c2F)ccc1[N+](=O)[O-]. The predicted octanol–water partition coefficient (Wildman–Crippen LogP) is 3.95. The van der Waals surface area contributed by atoms with Gasteiger partial charge in [0, 0.05) is 17.2 Å². The summed E-state index contributed by atoms with van der Waals surface area (Å²) in [5.41, 5.74) is 0.403. The summed E-state index contributed by atoms with van der Waals surface area (Å²) in [7, 11) is 0. The van der Waals surface area contributed by atoms with Gasteiger partial charge in [0.2, 0.25) is 0 Å². The van der Waals surface area contributed by atoms with Crippen molar-refractivity contribution in [3.05, 3.63) is 68.5 Å².